The fraction of sp³-hybridized carbons (Fsp3) is 0.214. The smallest absolute Gasteiger partial charge is 0.268 e. The molecule has 0 aliphatic carbocycles. The van der Waals surface area contributed by atoms with Crippen LogP contribution in [0.3, 0.4) is 0 Å². The van der Waals surface area contributed by atoms with Crippen LogP contribution in [0.2, 0.25) is 5.02 Å². The van der Waals surface area contributed by atoms with Crippen LogP contribution in [0.25, 0.3) is 10.9 Å². The monoisotopic (exact) mass is 535 g/mol. The second kappa shape index (κ2) is 8.92. The highest BCUT2D eigenvalue weighted by Crippen LogP contribution is 2.46. The lowest BCUT2D eigenvalue weighted by atomic mass is 9.87. The maximum Gasteiger partial charge on any atom is 0.268 e. The molecule has 37 heavy (non-hydrogen) atoms. The molecule has 1 aliphatic heterocycles. The van der Waals surface area contributed by atoms with E-state index in [9.17, 15) is 18.3 Å². The van der Waals surface area contributed by atoms with E-state index in [1.165, 1.54) is 29.2 Å². The Labute approximate surface area is 220 Å². The topological polar surface area (TPSA) is 99.6 Å². The highest BCUT2D eigenvalue weighted by molar-refractivity contribution is 7.89. The van der Waals surface area contributed by atoms with E-state index in [1.54, 1.807) is 45.2 Å². The van der Waals surface area contributed by atoms with Gasteiger partial charge in [0.2, 0.25) is 10.0 Å². The molecule has 0 spiro atoms. The van der Waals surface area contributed by atoms with Gasteiger partial charge in [0.15, 0.2) is 5.60 Å². The number of rotatable bonds is 5. The third-order valence-electron chi connectivity index (χ3n) is 6.22. The second-order valence-electron chi connectivity index (χ2n) is 10.2. The number of hydrogen-bond acceptors (Lipinski definition) is 5. The number of aromatic nitrogens is 1. The van der Waals surface area contributed by atoms with Gasteiger partial charge in [-0.05, 0) is 80.4 Å². The van der Waals surface area contributed by atoms with Gasteiger partial charge in [-0.3, -0.25) is 9.78 Å². The number of carbonyl (C=O) groups excluding carboxylic acids is 1. The van der Waals surface area contributed by atoms with Crippen LogP contribution in [0.1, 0.15) is 37.5 Å². The number of halogens is 1. The lowest BCUT2D eigenvalue weighted by Crippen LogP contribution is -2.41. The molecule has 7 nitrogen and oxygen atoms in total. The summed E-state index contributed by atoms with van der Waals surface area (Å²) in [6.45, 7) is 5.48. The average Bonchev–Trinajstić information content (AvgIpc) is 3.05. The molecule has 0 bridgehead atoms. The minimum Gasteiger partial charge on any atom is -0.372 e. The van der Waals surface area contributed by atoms with Gasteiger partial charge in [0.05, 0.1) is 22.6 Å². The zero-order valence-electron chi connectivity index (χ0n) is 20.6. The van der Waals surface area contributed by atoms with Crippen molar-refractivity contribution < 1.29 is 18.3 Å². The van der Waals surface area contributed by atoms with Crippen LogP contribution in [0.5, 0.6) is 0 Å². The molecular formula is C28H26ClN3O4S. The summed E-state index contributed by atoms with van der Waals surface area (Å²) in [4.78, 5) is 19.7. The fourth-order valence-corrected chi connectivity index (χ4v) is 6.22. The van der Waals surface area contributed by atoms with Gasteiger partial charge in [0, 0.05) is 27.7 Å². The quantitative estimate of drug-likeness (QED) is 0.384. The van der Waals surface area contributed by atoms with Crippen LogP contribution >= 0.6 is 11.6 Å². The second-order valence-corrected chi connectivity index (χ2v) is 12.3. The molecule has 1 aliphatic rings. The van der Waals surface area contributed by atoms with Gasteiger partial charge in [0.25, 0.3) is 5.91 Å². The number of nitrogens with zero attached hydrogens (tertiary/aromatic N) is 2. The lowest BCUT2D eigenvalue weighted by molar-refractivity contribution is -0.132. The average molecular weight is 536 g/mol. The minimum absolute atomic E-state index is 0.0353. The predicted octanol–water partition coefficient (Wildman–Crippen LogP) is 4.75. The Morgan fingerprint density at radius 3 is 2.46 bits per heavy atom. The molecule has 4 aromatic rings. The molecule has 1 unspecified atom stereocenters. The SMILES string of the molecule is CC(C)(C)NS(=O)(=O)c1ccc(C2(O)C(=O)N(Cc3ccc4ncccc4c3)c3ccc(Cl)cc32)cc1. The Morgan fingerprint density at radius 1 is 1.03 bits per heavy atom. The first-order valence-electron chi connectivity index (χ1n) is 11.7. The van der Waals surface area contributed by atoms with Crippen LogP contribution in [-0.2, 0) is 27.0 Å². The highest BCUT2D eigenvalue weighted by atomic mass is 35.5. The van der Waals surface area contributed by atoms with E-state index in [4.69, 9.17) is 11.6 Å². The van der Waals surface area contributed by atoms with Gasteiger partial charge in [0.1, 0.15) is 0 Å². The van der Waals surface area contributed by atoms with E-state index in [0.29, 0.717) is 16.3 Å². The summed E-state index contributed by atoms with van der Waals surface area (Å²) in [5, 5.41) is 13.2. The maximum atomic E-state index is 13.8. The Kier molecular flexibility index (Phi) is 6.11. The molecule has 1 atom stereocenters. The van der Waals surface area contributed by atoms with Crippen molar-refractivity contribution in [2.75, 3.05) is 4.90 Å². The van der Waals surface area contributed by atoms with Crippen LogP contribution in [0.15, 0.2) is 83.9 Å². The number of hydrogen-bond donors (Lipinski definition) is 2. The van der Waals surface area contributed by atoms with Crippen molar-refractivity contribution in [3.8, 4) is 0 Å². The summed E-state index contributed by atoms with van der Waals surface area (Å²) < 4.78 is 28.1. The third-order valence-corrected chi connectivity index (χ3v) is 8.23. The number of benzene rings is 3. The number of aliphatic hydroxyl groups is 1. The van der Waals surface area contributed by atoms with Crippen LogP contribution in [0.4, 0.5) is 5.69 Å². The van der Waals surface area contributed by atoms with Gasteiger partial charge in [-0.15, -0.1) is 0 Å². The molecular weight excluding hydrogens is 510 g/mol. The molecule has 1 aromatic heterocycles. The number of carbonyl (C=O) groups is 1. The van der Waals surface area contributed by atoms with E-state index in [2.05, 4.69) is 9.71 Å². The maximum absolute atomic E-state index is 13.8. The Balaban J connectivity index is 1.54. The summed E-state index contributed by atoms with van der Waals surface area (Å²) >= 11 is 6.27. The van der Waals surface area contributed by atoms with Gasteiger partial charge < -0.3 is 10.0 Å². The number of amides is 1. The molecule has 3 aromatic carbocycles. The minimum atomic E-state index is -3.78. The van der Waals surface area contributed by atoms with E-state index in [-0.39, 0.29) is 17.0 Å². The summed E-state index contributed by atoms with van der Waals surface area (Å²) in [6, 6.07) is 20.2. The van der Waals surface area contributed by atoms with Crippen LogP contribution in [0, 0.1) is 0 Å². The fourth-order valence-electron chi connectivity index (χ4n) is 4.63. The van der Waals surface area contributed by atoms with Crippen molar-refractivity contribution >= 4 is 44.1 Å². The summed E-state index contributed by atoms with van der Waals surface area (Å²) in [6.07, 6.45) is 1.72. The molecule has 0 fully saturated rings. The molecule has 2 heterocycles. The van der Waals surface area contributed by atoms with Crippen molar-refractivity contribution in [3.63, 3.8) is 0 Å². The molecule has 0 saturated heterocycles. The Hall–Kier alpha value is -3.30. The van der Waals surface area contributed by atoms with Gasteiger partial charge in [-0.1, -0.05) is 35.9 Å². The summed E-state index contributed by atoms with van der Waals surface area (Å²) in [7, 11) is -3.78. The molecule has 9 heteroatoms. The van der Waals surface area contributed by atoms with Crippen molar-refractivity contribution in [2.45, 2.75) is 43.4 Å². The number of pyridine rings is 1. The largest absolute Gasteiger partial charge is 0.372 e. The molecule has 0 radical (unpaired) electrons. The van der Waals surface area contributed by atoms with Crippen molar-refractivity contribution in [1.82, 2.24) is 9.71 Å². The normalized spacial score (nSPS) is 17.9. The zero-order valence-corrected chi connectivity index (χ0v) is 22.1. The van der Waals surface area contributed by atoms with Gasteiger partial charge in [-0.2, -0.15) is 0 Å². The van der Waals surface area contributed by atoms with Crippen LogP contribution in [-0.4, -0.2) is 30.0 Å². The first-order chi connectivity index (χ1) is 17.4. The Morgan fingerprint density at radius 2 is 1.76 bits per heavy atom. The zero-order chi connectivity index (χ0) is 26.6. The van der Waals surface area contributed by atoms with Crippen LogP contribution < -0.4 is 9.62 Å². The van der Waals surface area contributed by atoms with E-state index in [0.717, 1.165) is 16.5 Å². The van der Waals surface area contributed by atoms with Crippen molar-refractivity contribution in [2.24, 2.45) is 0 Å². The molecule has 5 rings (SSSR count). The molecule has 2 N–H and O–H groups in total. The number of sulfonamides is 1. The highest BCUT2D eigenvalue weighted by Gasteiger charge is 2.51. The first-order valence-corrected chi connectivity index (χ1v) is 13.6. The van der Waals surface area contributed by atoms with Gasteiger partial charge >= 0.3 is 0 Å². The third kappa shape index (κ3) is 4.62. The van der Waals surface area contributed by atoms with E-state index >= 15 is 0 Å². The molecule has 1 amide bonds. The molecule has 190 valence electrons. The molecule has 0 saturated carbocycles. The van der Waals surface area contributed by atoms with E-state index in [1.807, 2.05) is 30.3 Å². The first kappa shape index (κ1) is 25.4. The lowest BCUT2D eigenvalue weighted by Gasteiger charge is -2.24. The van der Waals surface area contributed by atoms with E-state index < -0.39 is 27.1 Å². The number of fused-ring (bicyclic) bond motifs is 2. The standard InChI is InChI=1S/C28H26ClN3O4S/c1-27(2,3)31-37(35,36)22-10-7-20(8-11-22)28(34)23-16-21(29)9-13-25(23)32(26(28)33)17-18-6-12-24-19(15-18)5-4-14-30-24/h4-16,31,34H,17H2,1-3H3. The number of anilines is 1. The summed E-state index contributed by atoms with van der Waals surface area (Å²) in [5.41, 5.74) is 0.156. The predicted molar refractivity (Wildman–Crippen MR) is 144 cm³/mol. The number of nitrogens with one attached hydrogen (secondary N) is 1. The van der Waals surface area contributed by atoms with Gasteiger partial charge in [-0.25, -0.2) is 13.1 Å². The van der Waals surface area contributed by atoms with Crippen molar-refractivity contribution in [3.05, 3.63) is 101 Å². The summed E-state index contributed by atoms with van der Waals surface area (Å²) in [5.74, 6) is -0.542. The van der Waals surface area contributed by atoms with Crippen molar-refractivity contribution in [1.29, 1.82) is 0 Å². The Bertz CT molecular complexity index is 1630.